The van der Waals surface area contributed by atoms with Crippen LogP contribution in [0.4, 0.5) is 4.39 Å². The van der Waals surface area contributed by atoms with Crippen molar-refractivity contribution in [2.75, 3.05) is 19.6 Å². The fraction of sp³-hybridized carbons (Fsp3) is 0.471. The molecule has 1 aromatic rings. The van der Waals surface area contributed by atoms with Gasteiger partial charge in [-0.25, -0.2) is 4.39 Å². The zero-order valence-corrected chi connectivity index (χ0v) is 12.5. The van der Waals surface area contributed by atoms with Crippen molar-refractivity contribution >= 4 is 5.91 Å². The summed E-state index contributed by atoms with van der Waals surface area (Å²) >= 11 is 0. The zero-order chi connectivity index (χ0) is 15.4. The Balaban J connectivity index is 2.31. The molecule has 0 aromatic heterocycles. The number of rotatable bonds is 1. The van der Waals surface area contributed by atoms with E-state index in [1.54, 1.807) is 11.0 Å². The molecule has 1 saturated heterocycles. The normalized spacial score (nSPS) is 21.6. The number of amides is 1. The predicted molar refractivity (Wildman–Crippen MR) is 81.2 cm³/mol. The molecule has 1 aliphatic heterocycles. The number of halogens is 1. The van der Waals surface area contributed by atoms with E-state index in [2.05, 4.69) is 25.7 Å². The second-order valence-corrected chi connectivity index (χ2v) is 5.85. The van der Waals surface area contributed by atoms with Crippen LogP contribution in [0.5, 0.6) is 0 Å². The molecule has 0 radical (unpaired) electrons. The highest BCUT2D eigenvalue weighted by Gasteiger charge is 2.27. The molecule has 0 saturated carbocycles. The van der Waals surface area contributed by atoms with Gasteiger partial charge in [0.2, 0.25) is 0 Å². The first-order valence-electron chi connectivity index (χ1n) is 7.29. The molecule has 1 amide bonds. The number of likely N-dealkylation sites (tertiary alicyclic amines) is 1. The van der Waals surface area contributed by atoms with Gasteiger partial charge >= 0.3 is 0 Å². The fourth-order valence-electron chi connectivity index (χ4n) is 2.95. The molecule has 1 fully saturated rings. The highest BCUT2D eigenvalue weighted by atomic mass is 19.1. The molecule has 0 aliphatic carbocycles. The van der Waals surface area contributed by atoms with Crippen molar-refractivity contribution in [3.63, 3.8) is 0 Å². The third kappa shape index (κ3) is 3.83. The largest absolute Gasteiger partial charge is 0.338 e. The number of carbonyl (C=O) groups is 1. The van der Waals surface area contributed by atoms with Crippen molar-refractivity contribution in [3.8, 4) is 11.8 Å². The first-order valence-corrected chi connectivity index (χ1v) is 7.29. The van der Waals surface area contributed by atoms with Crippen LogP contribution in [-0.4, -0.2) is 30.4 Å². The highest BCUT2D eigenvalue weighted by molar-refractivity contribution is 5.96. The second-order valence-electron chi connectivity index (χ2n) is 5.85. The molecule has 2 rings (SSSR count). The van der Waals surface area contributed by atoms with Crippen molar-refractivity contribution in [1.82, 2.24) is 4.90 Å². The van der Waals surface area contributed by atoms with Gasteiger partial charge in [0.15, 0.2) is 0 Å². The van der Waals surface area contributed by atoms with Gasteiger partial charge in [-0.3, -0.25) is 4.79 Å². The maximum absolute atomic E-state index is 13.5. The Labute approximate surface area is 125 Å². The molecule has 112 valence electrons. The molecule has 3 nitrogen and oxygen atoms in total. The van der Waals surface area contributed by atoms with Crippen LogP contribution in [0.15, 0.2) is 18.2 Å². The molecule has 0 spiro atoms. The predicted octanol–water partition coefficient (Wildman–Crippen LogP) is 2.25. The summed E-state index contributed by atoms with van der Waals surface area (Å²) in [5, 5.41) is 0. The van der Waals surface area contributed by atoms with Gasteiger partial charge in [-0.1, -0.05) is 25.7 Å². The Bertz CT molecular complexity index is 578. The lowest BCUT2D eigenvalue weighted by atomic mass is 9.91. The standard InChI is InChI=1S/C17H21FN2O/c1-12-8-13(2)11-20(10-12)17(21)16-9-15(18)6-5-14(16)4-3-7-19/h5-6,9,12-13H,7-8,10-11,19H2,1-2H3. The highest BCUT2D eigenvalue weighted by Crippen LogP contribution is 2.23. The van der Waals surface area contributed by atoms with E-state index in [1.807, 2.05) is 0 Å². The Morgan fingerprint density at radius 3 is 2.67 bits per heavy atom. The number of hydrogen-bond donors (Lipinski definition) is 1. The van der Waals surface area contributed by atoms with Gasteiger partial charge in [-0.2, -0.15) is 0 Å². The summed E-state index contributed by atoms with van der Waals surface area (Å²) in [6.45, 7) is 5.91. The smallest absolute Gasteiger partial charge is 0.255 e. The number of carbonyl (C=O) groups excluding carboxylic acids is 1. The number of nitrogens with two attached hydrogens (primary N) is 1. The number of hydrogen-bond acceptors (Lipinski definition) is 2. The Morgan fingerprint density at radius 1 is 1.38 bits per heavy atom. The number of benzene rings is 1. The molecule has 0 bridgehead atoms. The molecule has 2 N–H and O–H groups in total. The van der Waals surface area contributed by atoms with Gasteiger partial charge in [-0.15, -0.1) is 0 Å². The van der Waals surface area contributed by atoms with Crippen LogP contribution in [0.3, 0.4) is 0 Å². The molecule has 1 heterocycles. The topological polar surface area (TPSA) is 46.3 Å². The van der Waals surface area contributed by atoms with Crippen LogP contribution < -0.4 is 5.73 Å². The molecule has 4 heteroatoms. The first-order chi connectivity index (χ1) is 10.0. The molecule has 21 heavy (non-hydrogen) atoms. The summed E-state index contributed by atoms with van der Waals surface area (Å²) < 4.78 is 13.5. The summed E-state index contributed by atoms with van der Waals surface area (Å²) in [5.41, 5.74) is 6.24. The van der Waals surface area contributed by atoms with E-state index >= 15 is 0 Å². The van der Waals surface area contributed by atoms with Crippen LogP contribution in [-0.2, 0) is 0 Å². The van der Waals surface area contributed by atoms with Gasteiger partial charge in [-0.05, 0) is 36.5 Å². The first kappa shape index (κ1) is 15.5. The van der Waals surface area contributed by atoms with Crippen molar-refractivity contribution in [3.05, 3.63) is 35.1 Å². The third-order valence-electron chi connectivity index (χ3n) is 3.69. The monoisotopic (exact) mass is 288 g/mol. The van der Waals surface area contributed by atoms with Crippen LogP contribution in [0.1, 0.15) is 36.2 Å². The minimum Gasteiger partial charge on any atom is -0.338 e. The summed E-state index contributed by atoms with van der Waals surface area (Å²) in [5.74, 6) is 5.94. The van der Waals surface area contributed by atoms with Gasteiger partial charge in [0, 0.05) is 18.7 Å². The average molecular weight is 288 g/mol. The van der Waals surface area contributed by atoms with Crippen LogP contribution >= 0.6 is 0 Å². The van der Waals surface area contributed by atoms with Crippen LogP contribution in [0.2, 0.25) is 0 Å². The molecular weight excluding hydrogens is 267 g/mol. The van der Waals surface area contributed by atoms with E-state index < -0.39 is 5.82 Å². The fourth-order valence-corrected chi connectivity index (χ4v) is 2.95. The van der Waals surface area contributed by atoms with Crippen molar-refractivity contribution in [1.29, 1.82) is 0 Å². The van der Waals surface area contributed by atoms with E-state index in [0.717, 1.165) is 6.42 Å². The minimum atomic E-state index is -0.422. The summed E-state index contributed by atoms with van der Waals surface area (Å²) in [7, 11) is 0. The maximum Gasteiger partial charge on any atom is 0.255 e. The number of piperidine rings is 1. The van der Waals surface area contributed by atoms with Crippen LogP contribution in [0.25, 0.3) is 0 Å². The van der Waals surface area contributed by atoms with E-state index in [9.17, 15) is 9.18 Å². The van der Waals surface area contributed by atoms with Gasteiger partial charge in [0.1, 0.15) is 5.82 Å². The maximum atomic E-state index is 13.5. The van der Waals surface area contributed by atoms with Gasteiger partial charge in [0.05, 0.1) is 12.1 Å². The zero-order valence-electron chi connectivity index (χ0n) is 12.5. The molecule has 2 atom stereocenters. The minimum absolute atomic E-state index is 0.144. The molecule has 1 aliphatic rings. The lowest BCUT2D eigenvalue weighted by Crippen LogP contribution is -2.42. The summed E-state index contributed by atoms with van der Waals surface area (Å²) in [6.07, 6.45) is 1.12. The van der Waals surface area contributed by atoms with Crippen molar-refractivity contribution in [2.45, 2.75) is 20.3 Å². The lowest BCUT2D eigenvalue weighted by molar-refractivity contribution is 0.0622. The SMILES string of the molecule is CC1CC(C)CN(C(=O)c2cc(F)ccc2C#CCN)C1. The summed E-state index contributed by atoms with van der Waals surface area (Å²) in [6, 6.07) is 4.13. The lowest BCUT2D eigenvalue weighted by Gasteiger charge is -2.35. The second kappa shape index (κ2) is 6.73. The van der Waals surface area contributed by atoms with E-state index in [0.29, 0.717) is 36.1 Å². The third-order valence-corrected chi connectivity index (χ3v) is 3.69. The Hall–Kier alpha value is -1.86. The molecule has 1 aromatic carbocycles. The Morgan fingerprint density at radius 2 is 2.05 bits per heavy atom. The van der Waals surface area contributed by atoms with Crippen LogP contribution in [0, 0.1) is 29.5 Å². The van der Waals surface area contributed by atoms with Gasteiger partial charge < -0.3 is 10.6 Å². The Kier molecular flexibility index (Phi) is 4.98. The average Bonchev–Trinajstić information content (AvgIpc) is 2.44. The van der Waals surface area contributed by atoms with E-state index in [1.165, 1.54) is 12.1 Å². The number of nitrogens with zero attached hydrogens (tertiary/aromatic N) is 1. The van der Waals surface area contributed by atoms with Gasteiger partial charge in [0.25, 0.3) is 5.91 Å². The van der Waals surface area contributed by atoms with Crippen molar-refractivity contribution in [2.24, 2.45) is 17.6 Å². The summed E-state index contributed by atoms with van der Waals surface area (Å²) in [4.78, 5) is 14.5. The molecule has 2 unspecified atom stereocenters. The van der Waals surface area contributed by atoms with E-state index in [-0.39, 0.29) is 12.5 Å². The van der Waals surface area contributed by atoms with E-state index in [4.69, 9.17) is 5.73 Å². The quantitative estimate of drug-likeness (QED) is 0.806. The molecular formula is C17H21FN2O. The van der Waals surface area contributed by atoms with Crippen molar-refractivity contribution < 1.29 is 9.18 Å².